The van der Waals surface area contributed by atoms with Gasteiger partial charge in [-0.2, -0.15) is 0 Å². The molecule has 16 heavy (non-hydrogen) atoms. The molecular weight excluding hydrogens is 272 g/mol. The van der Waals surface area contributed by atoms with Crippen LogP contribution in [0.1, 0.15) is 25.0 Å². The van der Waals surface area contributed by atoms with Crippen molar-refractivity contribution in [3.8, 4) is 0 Å². The third-order valence-electron chi connectivity index (χ3n) is 2.80. The Morgan fingerprint density at radius 1 is 1.44 bits per heavy atom. The number of benzene rings is 1. The summed E-state index contributed by atoms with van der Waals surface area (Å²) >= 11 is 3.35. The highest BCUT2D eigenvalue weighted by Crippen LogP contribution is 2.31. The second kappa shape index (κ2) is 4.55. The number of aliphatic hydroxyl groups is 1. The quantitative estimate of drug-likeness (QED) is 0.898. The van der Waals surface area contributed by atoms with E-state index in [1.54, 1.807) is 13.8 Å². The molecule has 0 amide bonds. The minimum absolute atomic E-state index is 0.809. The molecule has 0 saturated heterocycles. The molecule has 0 aliphatic rings. The molecule has 0 saturated carbocycles. The van der Waals surface area contributed by atoms with Crippen molar-refractivity contribution < 1.29 is 15.0 Å². The minimum Gasteiger partial charge on any atom is -0.479 e. The Bertz CT molecular complexity index is 413. The molecule has 4 heteroatoms. The van der Waals surface area contributed by atoms with E-state index in [0.29, 0.717) is 0 Å². The number of carboxylic acid groups (broad SMARTS) is 1. The predicted molar refractivity (Wildman–Crippen MR) is 65.5 cm³/mol. The highest BCUT2D eigenvalue weighted by atomic mass is 79.9. The Labute approximate surface area is 103 Å². The van der Waals surface area contributed by atoms with Gasteiger partial charge in [0.15, 0.2) is 6.10 Å². The van der Waals surface area contributed by atoms with Crippen molar-refractivity contribution in [3.63, 3.8) is 0 Å². The zero-order valence-corrected chi connectivity index (χ0v) is 11.1. The van der Waals surface area contributed by atoms with Gasteiger partial charge in [-0.15, -0.1) is 0 Å². The number of hydrogen-bond acceptors (Lipinski definition) is 2. The Balaban J connectivity index is 3.21. The number of aryl methyl sites for hydroxylation is 1. The molecule has 3 nitrogen and oxygen atoms in total. The van der Waals surface area contributed by atoms with Crippen LogP contribution in [0, 0.1) is 6.92 Å². The van der Waals surface area contributed by atoms with Crippen LogP contribution in [-0.4, -0.2) is 22.3 Å². The largest absolute Gasteiger partial charge is 0.479 e. The lowest BCUT2D eigenvalue weighted by Gasteiger charge is -2.29. The average molecular weight is 287 g/mol. The summed E-state index contributed by atoms with van der Waals surface area (Å²) in [6.45, 7) is 5.35. The van der Waals surface area contributed by atoms with Crippen LogP contribution in [0.3, 0.4) is 0 Å². The van der Waals surface area contributed by atoms with Gasteiger partial charge in [-0.1, -0.05) is 35.8 Å². The first-order chi connectivity index (χ1) is 7.26. The predicted octanol–water partition coefficient (Wildman–Crippen LogP) is 2.48. The molecule has 0 radical (unpaired) electrons. The summed E-state index contributed by atoms with van der Waals surface area (Å²) in [5.74, 6) is -1.20. The standard InChI is InChI=1S/C12H15BrO3/c1-7-6-8(13)4-5-9(7)12(2,3)10(14)11(15)16/h4-6,10,14H,1-3H3,(H,15,16). The third kappa shape index (κ3) is 2.44. The molecule has 0 aromatic heterocycles. The highest BCUT2D eigenvalue weighted by Gasteiger charge is 2.36. The number of aliphatic carboxylic acids is 1. The van der Waals surface area contributed by atoms with Crippen molar-refractivity contribution in [1.82, 2.24) is 0 Å². The molecule has 0 aliphatic carbocycles. The van der Waals surface area contributed by atoms with Crippen molar-refractivity contribution >= 4 is 21.9 Å². The van der Waals surface area contributed by atoms with Crippen molar-refractivity contribution in [3.05, 3.63) is 33.8 Å². The number of aliphatic hydroxyl groups excluding tert-OH is 1. The van der Waals surface area contributed by atoms with E-state index in [1.165, 1.54) is 0 Å². The van der Waals surface area contributed by atoms with E-state index >= 15 is 0 Å². The molecule has 1 atom stereocenters. The Morgan fingerprint density at radius 2 is 2.00 bits per heavy atom. The van der Waals surface area contributed by atoms with Gasteiger partial charge < -0.3 is 10.2 Å². The molecule has 88 valence electrons. The SMILES string of the molecule is Cc1cc(Br)ccc1C(C)(C)C(O)C(=O)O. The second-order valence-corrected chi connectivity index (χ2v) is 5.34. The molecule has 1 unspecified atom stereocenters. The smallest absolute Gasteiger partial charge is 0.333 e. The molecule has 2 N–H and O–H groups in total. The maximum Gasteiger partial charge on any atom is 0.333 e. The van der Waals surface area contributed by atoms with Crippen LogP contribution in [0.2, 0.25) is 0 Å². The van der Waals surface area contributed by atoms with E-state index in [1.807, 2.05) is 25.1 Å². The first-order valence-corrected chi connectivity index (χ1v) is 5.73. The van der Waals surface area contributed by atoms with E-state index in [0.717, 1.165) is 15.6 Å². The molecule has 0 spiro atoms. The summed E-state index contributed by atoms with van der Waals surface area (Å²) in [4.78, 5) is 10.8. The maximum atomic E-state index is 10.8. The van der Waals surface area contributed by atoms with Gasteiger partial charge in [0.05, 0.1) is 0 Å². The van der Waals surface area contributed by atoms with Gasteiger partial charge in [0, 0.05) is 9.89 Å². The van der Waals surface area contributed by atoms with Crippen LogP contribution in [0.15, 0.2) is 22.7 Å². The minimum atomic E-state index is -1.41. The van der Waals surface area contributed by atoms with Gasteiger partial charge in [-0.05, 0) is 30.2 Å². The highest BCUT2D eigenvalue weighted by molar-refractivity contribution is 9.10. The lowest BCUT2D eigenvalue weighted by molar-refractivity contribution is -0.150. The molecule has 0 fully saturated rings. The van der Waals surface area contributed by atoms with E-state index in [4.69, 9.17) is 5.11 Å². The summed E-state index contributed by atoms with van der Waals surface area (Å²) < 4.78 is 0.939. The van der Waals surface area contributed by atoms with Crippen molar-refractivity contribution in [2.75, 3.05) is 0 Å². The monoisotopic (exact) mass is 286 g/mol. The summed E-state index contributed by atoms with van der Waals surface area (Å²) in [6.07, 6.45) is -1.41. The Hall–Kier alpha value is -0.870. The van der Waals surface area contributed by atoms with E-state index in [9.17, 15) is 9.90 Å². The topological polar surface area (TPSA) is 57.5 Å². The normalized spacial score (nSPS) is 13.6. The zero-order chi connectivity index (χ0) is 12.5. The van der Waals surface area contributed by atoms with Crippen LogP contribution in [0.4, 0.5) is 0 Å². The summed E-state index contributed by atoms with van der Waals surface area (Å²) in [7, 11) is 0. The summed E-state index contributed by atoms with van der Waals surface area (Å²) in [5.41, 5.74) is 0.988. The lowest BCUT2D eigenvalue weighted by Crippen LogP contribution is -2.40. The second-order valence-electron chi connectivity index (χ2n) is 4.42. The third-order valence-corrected chi connectivity index (χ3v) is 3.29. The molecule has 1 aromatic carbocycles. The molecule has 0 bridgehead atoms. The van der Waals surface area contributed by atoms with Gasteiger partial charge in [0.2, 0.25) is 0 Å². The van der Waals surface area contributed by atoms with E-state index in [2.05, 4.69) is 15.9 Å². The molecule has 0 aliphatic heterocycles. The fraction of sp³-hybridized carbons (Fsp3) is 0.417. The van der Waals surface area contributed by atoms with E-state index < -0.39 is 17.5 Å². The van der Waals surface area contributed by atoms with Crippen LogP contribution in [0.5, 0.6) is 0 Å². The molecule has 1 rings (SSSR count). The van der Waals surface area contributed by atoms with Crippen LogP contribution < -0.4 is 0 Å². The van der Waals surface area contributed by atoms with Crippen molar-refractivity contribution in [1.29, 1.82) is 0 Å². The molecule has 0 heterocycles. The van der Waals surface area contributed by atoms with Crippen molar-refractivity contribution in [2.45, 2.75) is 32.3 Å². The van der Waals surface area contributed by atoms with Gasteiger partial charge in [0.1, 0.15) is 0 Å². The van der Waals surface area contributed by atoms with Gasteiger partial charge >= 0.3 is 5.97 Å². The Morgan fingerprint density at radius 3 is 2.44 bits per heavy atom. The zero-order valence-electron chi connectivity index (χ0n) is 9.49. The van der Waals surface area contributed by atoms with Crippen molar-refractivity contribution in [2.24, 2.45) is 0 Å². The van der Waals surface area contributed by atoms with E-state index in [-0.39, 0.29) is 0 Å². The first-order valence-electron chi connectivity index (χ1n) is 4.94. The Kier molecular flexibility index (Phi) is 3.76. The number of carbonyl (C=O) groups is 1. The fourth-order valence-corrected chi connectivity index (χ4v) is 2.28. The summed E-state index contributed by atoms with van der Waals surface area (Å²) in [5, 5.41) is 18.6. The number of hydrogen-bond donors (Lipinski definition) is 2. The van der Waals surface area contributed by atoms with Crippen LogP contribution >= 0.6 is 15.9 Å². The number of carboxylic acids is 1. The first kappa shape index (κ1) is 13.2. The molecule has 1 aromatic rings. The average Bonchev–Trinajstić information content (AvgIpc) is 2.15. The van der Waals surface area contributed by atoms with Crippen LogP contribution in [-0.2, 0) is 10.2 Å². The number of rotatable bonds is 3. The lowest BCUT2D eigenvalue weighted by atomic mass is 9.77. The maximum absolute atomic E-state index is 10.8. The fourth-order valence-electron chi connectivity index (χ4n) is 1.81. The van der Waals surface area contributed by atoms with Crippen LogP contribution in [0.25, 0.3) is 0 Å². The summed E-state index contributed by atoms with van der Waals surface area (Å²) in [6, 6.07) is 5.59. The van der Waals surface area contributed by atoms with Gasteiger partial charge in [-0.3, -0.25) is 0 Å². The molecular formula is C12H15BrO3. The number of halogens is 1. The van der Waals surface area contributed by atoms with Gasteiger partial charge in [-0.25, -0.2) is 4.79 Å². The van der Waals surface area contributed by atoms with Gasteiger partial charge in [0.25, 0.3) is 0 Å².